The third kappa shape index (κ3) is 3.58. The van der Waals surface area contributed by atoms with Gasteiger partial charge in [-0.2, -0.15) is 0 Å². The van der Waals surface area contributed by atoms with Crippen molar-refractivity contribution < 1.29 is 10.0 Å². The molecular weight excluding hydrogens is 225 g/mol. The maximum Gasteiger partial charge on any atom is 0.488 e. The Bertz CT molecular complexity index is 391. The summed E-state index contributed by atoms with van der Waals surface area (Å²) in [6, 6.07) is 8.28. The van der Waals surface area contributed by atoms with Crippen LogP contribution < -0.4 is 5.46 Å². The van der Waals surface area contributed by atoms with Gasteiger partial charge in [-0.15, -0.1) is 0 Å². The smallest absolute Gasteiger partial charge is 0.423 e. The van der Waals surface area contributed by atoms with E-state index >= 15 is 0 Å². The van der Waals surface area contributed by atoms with E-state index in [2.05, 4.69) is 18.7 Å². The lowest BCUT2D eigenvalue weighted by Gasteiger charge is -2.25. The van der Waals surface area contributed by atoms with Crippen molar-refractivity contribution in [1.29, 1.82) is 0 Å². The summed E-state index contributed by atoms with van der Waals surface area (Å²) in [7, 11) is -1.37. The molecule has 1 saturated carbocycles. The highest BCUT2D eigenvalue weighted by Crippen LogP contribution is 2.28. The molecule has 0 unspecified atom stereocenters. The van der Waals surface area contributed by atoms with Crippen LogP contribution in [0.1, 0.15) is 32.3 Å². The fourth-order valence-corrected chi connectivity index (χ4v) is 2.40. The van der Waals surface area contributed by atoms with E-state index < -0.39 is 7.12 Å². The molecule has 0 atom stereocenters. The Morgan fingerprint density at radius 1 is 1.28 bits per heavy atom. The van der Waals surface area contributed by atoms with Gasteiger partial charge in [-0.3, -0.25) is 4.90 Å². The van der Waals surface area contributed by atoms with Gasteiger partial charge in [0.25, 0.3) is 0 Å². The predicted octanol–water partition coefficient (Wildman–Crippen LogP) is 0.987. The van der Waals surface area contributed by atoms with Gasteiger partial charge in [0, 0.05) is 19.1 Å². The molecule has 0 amide bonds. The second-order valence-corrected chi connectivity index (χ2v) is 5.63. The number of benzene rings is 1. The second kappa shape index (κ2) is 5.87. The van der Waals surface area contributed by atoms with Crippen LogP contribution in [0.4, 0.5) is 0 Å². The van der Waals surface area contributed by atoms with E-state index in [4.69, 9.17) is 0 Å². The summed E-state index contributed by atoms with van der Waals surface area (Å²) >= 11 is 0. The normalized spacial score (nSPS) is 15.4. The topological polar surface area (TPSA) is 43.7 Å². The van der Waals surface area contributed by atoms with Crippen LogP contribution in [0.2, 0.25) is 0 Å². The van der Waals surface area contributed by atoms with Crippen molar-refractivity contribution in [1.82, 2.24) is 4.90 Å². The molecule has 4 heteroatoms. The van der Waals surface area contributed by atoms with E-state index in [1.165, 1.54) is 12.8 Å². The largest absolute Gasteiger partial charge is 0.488 e. The van der Waals surface area contributed by atoms with Crippen LogP contribution in [-0.4, -0.2) is 34.7 Å². The van der Waals surface area contributed by atoms with Crippen molar-refractivity contribution in [3.63, 3.8) is 0 Å². The van der Waals surface area contributed by atoms with E-state index in [1.807, 2.05) is 18.2 Å². The highest BCUT2D eigenvalue weighted by molar-refractivity contribution is 6.59. The molecule has 0 radical (unpaired) electrons. The summed E-state index contributed by atoms with van der Waals surface area (Å²) in [6.07, 6.45) is 2.55. The first kappa shape index (κ1) is 13.6. The number of rotatable bonds is 6. The average Bonchev–Trinajstić information content (AvgIpc) is 3.11. The minimum atomic E-state index is -1.37. The Morgan fingerprint density at radius 2 is 1.94 bits per heavy atom. The Kier molecular flexibility index (Phi) is 4.43. The molecule has 1 aromatic carbocycles. The molecule has 2 rings (SSSR count). The Labute approximate surface area is 110 Å². The summed E-state index contributed by atoms with van der Waals surface area (Å²) in [5.74, 6) is 0.636. The van der Waals surface area contributed by atoms with Crippen molar-refractivity contribution in [2.45, 2.75) is 39.3 Å². The lowest BCUT2D eigenvalue weighted by molar-refractivity contribution is 0.226. The molecule has 18 heavy (non-hydrogen) atoms. The van der Waals surface area contributed by atoms with Gasteiger partial charge in [-0.25, -0.2) is 0 Å². The van der Waals surface area contributed by atoms with Gasteiger partial charge in [0.15, 0.2) is 0 Å². The number of hydrogen-bond acceptors (Lipinski definition) is 3. The van der Waals surface area contributed by atoms with Gasteiger partial charge >= 0.3 is 7.12 Å². The minimum absolute atomic E-state index is 0.631. The van der Waals surface area contributed by atoms with Crippen LogP contribution in [0, 0.1) is 5.92 Å². The third-order valence-electron chi connectivity index (χ3n) is 3.37. The van der Waals surface area contributed by atoms with Crippen LogP contribution in [0.25, 0.3) is 0 Å². The molecule has 0 bridgehead atoms. The van der Waals surface area contributed by atoms with Crippen LogP contribution in [0.3, 0.4) is 0 Å². The van der Waals surface area contributed by atoms with Gasteiger partial charge < -0.3 is 10.0 Å². The molecule has 98 valence electrons. The van der Waals surface area contributed by atoms with Crippen LogP contribution in [-0.2, 0) is 6.54 Å². The SMILES string of the molecule is CC(C)CN(Cc1ccccc1B(O)O)C1CC1. The molecule has 0 aliphatic heterocycles. The fourth-order valence-electron chi connectivity index (χ4n) is 2.40. The Morgan fingerprint density at radius 3 is 2.50 bits per heavy atom. The summed E-state index contributed by atoms with van der Waals surface area (Å²) in [6.45, 7) is 6.33. The molecule has 0 aromatic heterocycles. The zero-order valence-electron chi connectivity index (χ0n) is 11.2. The summed E-state index contributed by atoms with van der Waals surface area (Å²) in [4.78, 5) is 2.46. The summed E-state index contributed by atoms with van der Waals surface area (Å²) in [5, 5.41) is 18.8. The number of nitrogens with zero attached hydrogens (tertiary/aromatic N) is 1. The highest BCUT2D eigenvalue weighted by atomic mass is 16.4. The van der Waals surface area contributed by atoms with Crippen LogP contribution >= 0.6 is 0 Å². The van der Waals surface area contributed by atoms with Crippen molar-refractivity contribution in [2.75, 3.05) is 6.54 Å². The first-order valence-corrected chi connectivity index (χ1v) is 6.76. The summed E-state index contributed by atoms with van der Waals surface area (Å²) < 4.78 is 0. The van der Waals surface area contributed by atoms with Crippen molar-refractivity contribution in [3.05, 3.63) is 29.8 Å². The van der Waals surface area contributed by atoms with Crippen molar-refractivity contribution >= 4 is 12.6 Å². The van der Waals surface area contributed by atoms with Gasteiger partial charge in [0.05, 0.1) is 0 Å². The molecule has 0 saturated heterocycles. The van der Waals surface area contributed by atoms with E-state index in [0.29, 0.717) is 17.4 Å². The fraction of sp³-hybridized carbons (Fsp3) is 0.571. The average molecular weight is 247 g/mol. The van der Waals surface area contributed by atoms with Crippen LogP contribution in [0.5, 0.6) is 0 Å². The Hall–Kier alpha value is -0.835. The molecule has 0 spiro atoms. The molecule has 0 heterocycles. The highest BCUT2D eigenvalue weighted by Gasteiger charge is 2.30. The molecule has 1 aromatic rings. The summed E-state index contributed by atoms with van der Waals surface area (Å²) in [5.41, 5.74) is 1.66. The van der Waals surface area contributed by atoms with Crippen molar-refractivity contribution in [3.8, 4) is 0 Å². The van der Waals surface area contributed by atoms with Crippen molar-refractivity contribution in [2.24, 2.45) is 5.92 Å². The third-order valence-corrected chi connectivity index (χ3v) is 3.37. The zero-order valence-corrected chi connectivity index (χ0v) is 11.2. The van der Waals surface area contributed by atoms with E-state index in [0.717, 1.165) is 18.7 Å². The van der Waals surface area contributed by atoms with Gasteiger partial charge in [-0.05, 0) is 29.8 Å². The predicted molar refractivity (Wildman–Crippen MR) is 74.5 cm³/mol. The van der Waals surface area contributed by atoms with Gasteiger partial charge in [0.2, 0.25) is 0 Å². The lowest BCUT2D eigenvalue weighted by atomic mass is 9.77. The van der Waals surface area contributed by atoms with E-state index in [-0.39, 0.29) is 0 Å². The molecule has 1 aliphatic carbocycles. The first-order valence-electron chi connectivity index (χ1n) is 6.76. The first-order chi connectivity index (χ1) is 8.58. The maximum absolute atomic E-state index is 9.39. The molecule has 1 aliphatic rings. The van der Waals surface area contributed by atoms with E-state index in [9.17, 15) is 10.0 Å². The van der Waals surface area contributed by atoms with Gasteiger partial charge in [-0.1, -0.05) is 38.1 Å². The maximum atomic E-state index is 9.39. The minimum Gasteiger partial charge on any atom is -0.423 e. The number of hydrogen-bond donors (Lipinski definition) is 2. The zero-order chi connectivity index (χ0) is 13.1. The molecular formula is C14H22BNO2. The van der Waals surface area contributed by atoms with E-state index in [1.54, 1.807) is 6.07 Å². The molecule has 3 nitrogen and oxygen atoms in total. The molecule has 2 N–H and O–H groups in total. The van der Waals surface area contributed by atoms with Crippen LogP contribution in [0.15, 0.2) is 24.3 Å². The molecule has 1 fully saturated rings. The quantitative estimate of drug-likeness (QED) is 0.737. The standard InChI is InChI=1S/C14H22BNO2/c1-11(2)9-16(13-7-8-13)10-12-5-3-4-6-14(12)15(17)18/h3-6,11,13,17-18H,7-10H2,1-2H3. The monoisotopic (exact) mass is 247 g/mol. The van der Waals surface area contributed by atoms with Gasteiger partial charge in [0.1, 0.15) is 0 Å². The lowest BCUT2D eigenvalue weighted by Crippen LogP contribution is -2.37. The Balaban J connectivity index is 2.10. The second-order valence-electron chi connectivity index (χ2n) is 5.63.